The predicted octanol–water partition coefficient (Wildman–Crippen LogP) is 5.03. The molecule has 46 heavy (non-hydrogen) atoms. The zero-order chi connectivity index (χ0) is 32.7. The smallest absolute Gasteiger partial charge is 0.416 e. The first-order valence-electron chi connectivity index (χ1n) is 14.6. The lowest BCUT2D eigenvalue weighted by Gasteiger charge is -2.46. The molecule has 5 aliphatic rings. The average molecular weight is 721 g/mol. The molecular weight excluding hydrogens is 695 g/mol. The topological polar surface area (TPSA) is 131 Å². The summed E-state index contributed by atoms with van der Waals surface area (Å²) in [5.74, 6) is -0.893. The Morgan fingerprint density at radius 3 is 2.65 bits per heavy atom. The van der Waals surface area contributed by atoms with Gasteiger partial charge in [0, 0.05) is 42.1 Å². The van der Waals surface area contributed by atoms with Crippen molar-refractivity contribution in [2.24, 2.45) is 22.4 Å². The number of alkyl halides is 3. The van der Waals surface area contributed by atoms with Gasteiger partial charge in [-0.2, -0.15) is 23.3 Å². The van der Waals surface area contributed by atoms with E-state index in [1.165, 1.54) is 11.3 Å². The van der Waals surface area contributed by atoms with E-state index in [-0.39, 0.29) is 46.4 Å². The summed E-state index contributed by atoms with van der Waals surface area (Å²) < 4.78 is 39.9. The molecule has 2 N–H and O–H groups in total. The van der Waals surface area contributed by atoms with Gasteiger partial charge in [-0.3, -0.25) is 14.4 Å². The molecule has 4 heterocycles. The van der Waals surface area contributed by atoms with E-state index in [1.807, 2.05) is 0 Å². The van der Waals surface area contributed by atoms with Crippen molar-refractivity contribution in [3.8, 4) is 5.75 Å². The van der Waals surface area contributed by atoms with E-state index in [1.54, 1.807) is 22.8 Å². The van der Waals surface area contributed by atoms with Crippen LogP contribution in [0, 0.1) is 24.2 Å². The van der Waals surface area contributed by atoms with Gasteiger partial charge in [0.2, 0.25) is 5.91 Å². The Morgan fingerprint density at radius 1 is 1.22 bits per heavy atom. The summed E-state index contributed by atoms with van der Waals surface area (Å²) >= 11 is 9.49. The molecule has 2 aliphatic carbocycles. The van der Waals surface area contributed by atoms with Crippen molar-refractivity contribution in [2.75, 3.05) is 25.0 Å². The quantitative estimate of drug-likeness (QED) is 0.454. The number of aromatic nitrogens is 2. The molecule has 3 amide bonds. The van der Waals surface area contributed by atoms with E-state index in [4.69, 9.17) is 11.6 Å². The Kier molecular flexibility index (Phi) is 7.19. The number of carbonyl (C=O) groups excluding carboxylic acids is 3. The van der Waals surface area contributed by atoms with E-state index < -0.39 is 29.0 Å². The summed E-state index contributed by atoms with van der Waals surface area (Å²) in [6.45, 7) is 2.02. The Hall–Kier alpha value is -3.98. The highest BCUT2D eigenvalue weighted by atomic mass is 79.9. The Balaban J connectivity index is 1.17. The zero-order valence-corrected chi connectivity index (χ0v) is 26.6. The molecule has 1 spiro atoms. The maximum absolute atomic E-state index is 14.2. The monoisotopic (exact) mass is 719 g/mol. The summed E-state index contributed by atoms with van der Waals surface area (Å²) in [7, 11) is 0. The number of hydrogen-bond acceptors (Lipinski definition) is 8. The molecule has 11 nitrogen and oxygen atoms in total. The lowest BCUT2D eigenvalue weighted by atomic mass is 9.69. The van der Waals surface area contributed by atoms with E-state index in [0.29, 0.717) is 54.1 Å². The molecule has 1 saturated heterocycles. The molecule has 0 unspecified atom stereocenters. The van der Waals surface area contributed by atoms with Crippen molar-refractivity contribution in [3.05, 3.63) is 69.7 Å². The van der Waals surface area contributed by atoms with Crippen LogP contribution in [0.1, 0.15) is 47.4 Å². The molecule has 1 saturated carbocycles. The molecule has 0 radical (unpaired) electrons. The minimum Gasteiger partial charge on any atom is -0.504 e. The third kappa shape index (κ3) is 4.86. The number of carbonyl (C=O) groups is 3. The Morgan fingerprint density at radius 2 is 1.96 bits per heavy atom. The number of anilines is 1. The van der Waals surface area contributed by atoms with E-state index >= 15 is 0 Å². The SMILES string of the molecule is Cc1ncnc(C(=O)N2CCC3(CC2)C2=C([C@@H]4C[C@@H]43)N(CC(=O)Nc3ccc(C(F)(F)F)cc3Cl)C3=CCC(Br)=NN3C2=O)c1O. The molecule has 16 heteroatoms. The van der Waals surface area contributed by atoms with Crippen LogP contribution in [0.15, 0.2) is 52.8 Å². The molecule has 0 bridgehead atoms. The van der Waals surface area contributed by atoms with Crippen LogP contribution in [0.2, 0.25) is 5.02 Å². The number of benzene rings is 1. The normalized spacial score (nSPS) is 23.1. The van der Waals surface area contributed by atoms with Crippen LogP contribution in [-0.2, 0) is 15.8 Å². The summed E-state index contributed by atoms with van der Waals surface area (Å²) in [6.07, 6.45) is 0.654. The Labute approximate surface area is 273 Å². The first kappa shape index (κ1) is 30.7. The lowest BCUT2D eigenvalue weighted by Crippen LogP contribution is -2.51. The molecular formula is C30H26BrClF3N7O4. The van der Waals surface area contributed by atoms with Crippen LogP contribution in [0.5, 0.6) is 5.75 Å². The molecule has 7 rings (SSSR count). The number of likely N-dealkylation sites (tertiary alicyclic amines) is 1. The number of aryl methyl sites for hydroxylation is 1. The van der Waals surface area contributed by atoms with Crippen molar-refractivity contribution in [1.82, 2.24) is 24.8 Å². The standard InChI is InChI=1S/C30H26BrClF3N7O4/c1-14-26(44)24(37-13-36-14)28(46)40-8-6-29(7-9-40)17-11-16(17)25-23(29)27(45)42-22(5-4-20(31)39-42)41(25)12-21(43)38-19-3-2-15(10-18(19)32)30(33,34)35/h2-3,5,10,13,16-17,44H,4,6-9,11-12H2,1H3,(H,38,43)/t16-,17+/m1/s1. The van der Waals surface area contributed by atoms with Crippen LogP contribution in [0.25, 0.3) is 0 Å². The van der Waals surface area contributed by atoms with Gasteiger partial charge < -0.3 is 20.2 Å². The van der Waals surface area contributed by atoms with Crippen molar-refractivity contribution < 1.29 is 32.7 Å². The highest BCUT2D eigenvalue weighted by molar-refractivity contribution is 9.18. The van der Waals surface area contributed by atoms with Gasteiger partial charge in [0.1, 0.15) is 23.3 Å². The number of hydrogen-bond donors (Lipinski definition) is 2. The highest BCUT2D eigenvalue weighted by Gasteiger charge is 2.67. The number of fused-ring (bicyclic) bond motifs is 5. The van der Waals surface area contributed by atoms with E-state index in [9.17, 15) is 32.7 Å². The van der Waals surface area contributed by atoms with Gasteiger partial charge in [-0.25, -0.2) is 9.97 Å². The third-order valence-corrected chi connectivity index (χ3v) is 10.3. The maximum atomic E-state index is 14.2. The summed E-state index contributed by atoms with van der Waals surface area (Å²) in [4.78, 5) is 52.2. The third-order valence-electron chi connectivity index (χ3n) is 9.48. The number of nitrogens with one attached hydrogen (secondary N) is 1. The van der Waals surface area contributed by atoms with Crippen LogP contribution < -0.4 is 5.32 Å². The van der Waals surface area contributed by atoms with Crippen LogP contribution in [0.3, 0.4) is 0 Å². The number of piperidine rings is 1. The summed E-state index contributed by atoms with van der Waals surface area (Å²) in [6, 6.07) is 2.72. The van der Waals surface area contributed by atoms with Gasteiger partial charge >= 0.3 is 6.18 Å². The number of rotatable bonds is 4. The number of allylic oxidation sites excluding steroid dienone is 2. The van der Waals surface area contributed by atoms with Crippen LogP contribution in [0.4, 0.5) is 18.9 Å². The van der Waals surface area contributed by atoms with Gasteiger partial charge in [0.25, 0.3) is 11.8 Å². The second-order valence-electron chi connectivity index (χ2n) is 12.0. The highest BCUT2D eigenvalue weighted by Crippen LogP contribution is 2.70. The molecule has 3 aliphatic heterocycles. The number of aromatic hydroxyl groups is 1. The second-order valence-corrected chi connectivity index (χ2v) is 13.3. The van der Waals surface area contributed by atoms with Crippen molar-refractivity contribution in [3.63, 3.8) is 0 Å². The van der Waals surface area contributed by atoms with Crippen molar-refractivity contribution in [2.45, 2.75) is 38.8 Å². The first-order chi connectivity index (χ1) is 21.8. The molecule has 240 valence electrons. The Bertz CT molecular complexity index is 1800. The van der Waals surface area contributed by atoms with Gasteiger partial charge in [-0.15, -0.1) is 0 Å². The molecule has 2 fully saturated rings. The maximum Gasteiger partial charge on any atom is 0.416 e. The number of hydrazone groups is 1. The van der Waals surface area contributed by atoms with Gasteiger partial charge in [0.15, 0.2) is 11.4 Å². The molecule has 2 aromatic rings. The van der Waals surface area contributed by atoms with Gasteiger partial charge in [-0.05, 0) is 72.3 Å². The average Bonchev–Trinajstić information content (AvgIpc) is 3.77. The number of nitrogens with zero attached hydrogens (tertiary/aromatic N) is 6. The van der Waals surface area contributed by atoms with Crippen LogP contribution >= 0.6 is 27.5 Å². The first-order valence-corrected chi connectivity index (χ1v) is 15.7. The molecule has 1 aromatic heterocycles. The molecule has 2 atom stereocenters. The van der Waals surface area contributed by atoms with Crippen molar-refractivity contribution in [1.29, 1.82) is 0 Å². The fraction of sp³-hybridized carbons (Fsp3) is 0.400. The van der Waals surface area contributed by atoms with E-state index in [2.05, 4.69) is 36.3 Å². The number of halogens is 5. The number of amides is 3. The van der Waals surface area contributed by atoms with Gasteiger partial charge in [0.05, 0.1) is 22.0 Å². The van der Waals surface area contributed by atoms with Crippen LogP contribution in [-0.4, -0.2) is 71.9 Å². The van der Waals surface area contributed by atoms with E-state index in [0.717, 1.165) is 30.3 Å². The summed E-state index contributed by atoms with van der Waals surface area (Å²) in [5.41, 5.74) is 0.112. The molecule has 1 aromatic carbocycles. The van der Waals surface area contributed by atoms with Crippen molar-refractivity contribution >= 4 is 55.6 Å². The lowest BCUT2D eigenvalue weighted by molar-refractivity contribution is -0.137. The minimum atomic E-state index is -4.58. The summed E-state index contributed by atoms with van der Waals surface area (Å²) in [5, 5.41) is 18.5. The largest absolute Gasteiger partial charge is 0.504 e. The fourth-order valence-corrected chi connectivity index (χ4v) is 7.80. The minimum absolute atomic E-state index is 0.0228. The predicted molar refractivity (Wildman–Crippen MR) is 162 cm³/mol. The van der Waals surface area contributed by atoms with Gasteiger partial charge in [-0.1, -0.05) is 11.6 Å². The zero-order valence-electron chi connectivity index (χ0n) is 24.2. The second kappa shape index (κ2) is 10.8. The fourth-order valence-electron chi connectivity index (χ4n) is 7.25.